The molecule has 0 saturated heterocycles. The van der Waals surface area contributed by atoms with E-state index in [-0.39, 0.29) is 108 Å². The summed E-state index contributed by atoms with van der Waals surface area (Å²) in [5, 5.41) is 40.7. The number of rotatable bonds is 25. The summed E-state index contributed by atoms with van der Waals surface area (Å²) in [6.45, 7) is 7.31. The number of aliphatic carboxylic acids is 1. The number of carbonyl (C=O) groups is 6. The van der Waals surface area contributed by atoms with E-state index in [4.69, 9.17) is 41.6 Å². The molecule has 0 aliphatic heterocycles. The Balaban J connectivity index is 0.000000970. The maximum atomic E-state index is 12.3. The maximum absolute atomic E-state index is 12.3. The summed E-state index contributed by atoms with van der Waals surface area (Å²) in [6, 6.07) is 12.4. The van der Waals surface area contributed by atoms with Crippen LogP contribution in [0.15, 0.2) is 58.8 Å². The van der Waals surface area contributed by atoms with Gasteiger partial charge in [-0.05, 0) is 60.3 Å². The van der Waals surface area contributed by atoms with Gasteiger partial charge in [-0.2, -0.15) is 0 Å². The highest BCUT2D eigenvalue weighted by Gasteiger charge is 2.23. The molecule has 3 amide bonds. The van der Waals surface area contributed by atoms with Crippen molar-refractivity contribution in [3.05, 3.63) is 80.5 Å². The number of nitrogens with zero attached hydrogens (tertiary/aromatic N) is 6. The second-order valence-corrected chi connectivity index (χ2v) is 12.9. The molecule has 0 aliphatic rings. The fraction of sp³-hybridized carbons (Fsp3) is 0.526. The summed E-state index contributed by atoms with van der Waals surface area (Å²) in [5.41, 5.74) is 24.5. The lowest BCUT2D eigenvalue weighted by Crippen LogP contribution is -2.40. The number of carboxylic acid groups (broad SMARTS) is 1. The Labute approximate surface area is 342 Å². The fourth-order valence-electron chi connectivity index (χ4n) is 4.34. The number of Topliss-reactive ketones (excluding diaryl/α,β-unsaturated/α-hetero) is 2. The van der Waals surface area contributed by atoms with Crippen molar-refractivity contribution in [1.82, 2.24) is 10.6 Å². The molecule has 8 N–H and O–H groups in total. The Morgan fingerprint density at radius 3 is 1.47 bits per heavy atom. The number of aliphatic hydroxyl groups excluding tert-OH is 2. The van der Waals surface area contributed by atoms with Crippen LogP contribution in [0.3, 0.4) is 0 Å². The van der Waals surface area contributed by atoms with Crippen molar-refractivity contribution in [2.75, 3.05) is 50.6 Å². The molecule has 0 heterocycles. The third-order valence-electron chi connectivity index (χ3n) is 7.92. The van der Waals surface area contributed by atoms with Crippen molar-refractivity contribution < 1.29 is 53.6 Å². The van der Waals surface area contributed by atoms with Crippen molar-refractivity contribution in [2.45, 2.75) is 78.7 Å². The van der Waals surface area contributed by atoms with Crippen molar-refractivity contribution in [1.29, 1.82) is 0 Å². The Bertz CT molecular complexity index is 1700. The highest BCUT2D eigenvalue weighted by molar-refractivity contribution is 5.97. The average Bonchev–Trinajstić information content (AvgIpc) is 3.21. The van der Waals surface area contributed by atoms with Gasteiger partial charge in [0.2, 0.25) is 17.7 Å². The van der Waals surface area contributed by atoms with E-state index in [2.05, 4.69) is 36.0 Å². The number of carboxylic acids is 1. The summed E-state index contributed by atoms with van der Waals surface area (Å²) in [7, 11) is 0. The molecule has 0 aliphatic carbocycles. The molecule has 2 aromatic carbocycles. The van der Waals surface area contributed by atoms with Gasteiger partial charge in [-0.1, -0.05) is 48.3 Å². The van der Waals surface area contributed by atoms with E-state index in [0.717, 1.165) is 16.8 Å². The third kappa shape index (κ3) is 26.5. The van der Waals surface area contributed by atoms with Gasteiger partial charge in [0.25, 0.3) is 0 Å². The minimum absolute atomic E-state index is 0.00926. The highest BCUT2D eigenvalue weighted by atomic mass is 16.5. The summed E-state index contributed by atoms with van der Waals surface area (Å²) in [4.78, 5) is 75.4. The number of nitrogens with one attached hydrogen (secondary N) is 3. The number of aliphatic hydroxyl groups is 2. The quantitative estimate of drug-likeness (QED) is 0.0248. The summed E-state index contributed by atoms with van der Waals surface area (Å²) in [6.07, 6.45) is 0.0141. The number of amides is 3. The molecule has 2 aromatic rings. The van der Waals surface area contributed by atoms with E-state index in [0.29, 0.717) is 5.69 Å². The molecule has 2 rings (SSSR count). The smallest absolute Gasteiger partial charge is 0.306 e. The van der Waals surface area contributed by atoms with E-state index in [1.807, 2.05) is 0 Å². The SMILES string of the molecule is C[C@H](CC(=O)[C@H](C)NC(=O)CCOCCN=[N+]=[N-])C(=O)Nc1ccc(CO)cc1.C[C@H](CC(=O)[C@H](C)NC(=O)CCOCCN=[N+]=[N-])C(=O)O.Nc1ccc(CO)cc1. The van der Waals surface area contributed by atoms with Crippen LogP contribution in [0.25, 0.3) is 20.9 Å². The Morgan fingerprint density at radius 2 is 1.08 bits per heavy atom. The maximum Gasteiger partial charge on any atom is 0.306 e. The number of carbonyl (C=O) groups excluding carboxylic acids is 5. The molecule has 21 nitrogen and oxygen atoms in total. The highest BCUT2D eigenvalue weighted by Crippen LogP contribution is 2.13. The molecule has 0 fully saturated rings. The largest absolute Gasteiger partial charge is 0.481 e. The van der Waals surface area contributed by atoms with E-state index < -0.39 is 29.9 Å². The molecule has 59 heavy (non-hydrogen) atoms. The molecule has 0 radical (unpaired) electrons. The van der Waals surface area contributed by atoms with Gasteiger partial charge in [-0.15, -0.1) is 0 Å². The summed E-state index contributed by atoms with van der Waals surface area (Å²) < 4.78 is 10.2. The van der Waals surface area contributed by atoms with Gasteiger partial charge in [-0.25, -0.2) is 0 Å². The predicted octanol–water partition coefficient (Wildman–Crippen LogP) is 3.58. The normalized spacial score (nSPS) is 12.1. The van der Waals surface area contributed by atoms with E-state index in [1.54, 1.807) is 62.4 Å². The molecular formula is C38H56N10O11. The first kappa shape index (κ1) is 52.9. The number of nitrogens with two attached hydrogens (primary N) is 1. The lowest BCUT2D eigenvalue weighted by atomic mass is 10.00. The minimum Gasteiger partial charge on any atom is -0.481 e. The van der Waals surface area contributed by atoms with Crippen LogP contribution in [-0.4, -0.2) is 102 Å². The van der Waals surface area contributed by atoms with Gasteiger partial charge in [-0.3, -0.25) is 28.8 Å². The zero-order valence-electron chi connectivity index (χ0n) is 33.8. The molecule has 0 bridgehead atoms. The predicted molar refractivity (Wildman–Crippen MR) is 217 cm³/mol. The van der Waals surface area contributed by atoms with Crippen LogP contribution in [-0.2, 0) is 51.5 Å². The van der Waals surface area contributed by atoms with Crippen LogP contribution in [0.1, 0.15) is 64.5 Å². The Morgan fingerprint density at radius 1 is 0.678 bits per heavy atom. The molecule has 21 heteroatoms. The zero-order chi connectivity index (χ0) is 44.6. The van der Waals surface area contributed by atoms with Crippen LogP contribution >= 0.6 is 0 Å². The van der Waals surface area contributed by atoms with Gasteiger partial charge in [0.05, 0.1) is 57.6 Å². The molecule has 324 valence electrons. The summed E-state index contributed by atoms with van der Waals surface area (Å²) >= 11 is 0. The monoisotopic (exact) mass is 828 g/mol. The van der Waals surface area contributed by atoms with Crippen molar-refractivity contribution in [3.63, 3.8) is 0 Å². The van der Waals surface area contributed by atoms with E-state index in [9.17, 15) is 28.8 Å². The minimum atomic E-state index is -1.05. The fourth-order valence-corrected chi connectivity index (χ4v) is 4.34. The summed E-state index contributed by atoms with van der Waals surface area (Å²) in [5.74, 6) is -3.97. The van der Waals surface area contributed by atoms with Crippen LogP contribution in [0, 0.1) is 11.8 Å². The van der Waals surface area contributed by atoms with E-state index in [1.165, 1.54) is 13.8 Å². The molecule has 4 atom stereocenters. The first-order valence-corrected chi connectivity index (χ1v) is 18.6. The number of azide groups is 2. The number of ketones is 2. The Kier molecular flexibility index (Phi) is 28.6. The van der Waals surface area contributed by atoms with Crippen molar-refractivity contribution >= 4 is 46.6 Å². The first-order valence-electron chi connectivity index (χ1n) is 18.6. The molecule has 0 aromatic heterocycles. The van der Waals surface area contributed by atoms with Gasteiger partial charge >= 0.3 is 5.97 Å². The topological polar surface area (TPSA) is 341 Å². The number of benzene rings is 2. The van der Waals surface area contributed by atoms with Crippen LogP contribution in [0.5, 0.6) is 0 Å². The Hall–Kier alpha value is -6.08. The molecule has 0 spiro atoms. The van der Waals surface area contributed by atoms with E-state index >= 15 is 0 Å². The number of anilines is 2. The van der Waals surface area contributed by atoms with Crippen LogP contribution in [0.2, 0.25) is 0 Å². The molecular weight excluding hydrogens is 772 g/mol. The number of hydrogen-bond donors (Lipinski definition) is 7. The second-order valence-electron chi connectivity index (χ2n) is 12.9. The third-order valence-corrected chi connectivity index (χ3v) is 7.92. The lowest BCUT2D eigenvalue weighted by molar-refractivity contribution is -0.143. The zero-order valence-corrected chi connectivity index (χ0v) is 33.8. The van der Waals surface area contributed by atoms with Gasteiger partial charge in [0, 0.05) is 65.9 Å². The number of hydrogen-bond acceptors (Lipinski definition) is 13. The average molecular weight is 829 g/mol. The molecule has 0 unspecified atom stereocenters. The van der Waals surface area contributed by atoms with Gasteiger partial charge in [0.1, 0.15) is 0 Å². The second kappa shape index (κ2) is 31.9. The van der Waals surface area contributed by atoms with Crippen LogP contribution < -0.4 is 21.7 Å². The number of nitrogen functional groups attached to an aromatic ring is 1. The van der Waals surface area contributed by atoms with Crippen molar-refractivity contribution in [3.8, 4) is 0 Å². The first-order chi connectivity index (χ1) is 28.1. The number of ether oxygens (including phenoxy) is 2. The van der Waals surface area contributed by atoms with Crippen LogP contribution in [0.4, 0.5) is 11.4 Å². The molecule has 0 saturated carbocycles. The van der Waals surface area contributed by atoms with Crippen molar-refractivity contribution in [2.24, 2.45) is 22.1 Å². The van der Waals surface area contributed by atoms with Gasteiger partial charge in [0.15, 0.2) is 11.6 Å². The van der Waals surface area contributed by atoms with Gasteiger partial charge < -0.3 is 46.5 Å². The lowest BCUT2D eigenvalue weighted by Gasteiger charge is -2.16. The standard InChI is InChI=1S/C19H27N5O5.C12H20N4O5.C7H9NO/c1-13(19(28)23-16-5-3-15(12-25)4-6-16)11-17(26)14(2)22-18(27)7-9-29-10-8-21-24-20;1-8(12(19)20)7-10(17)9(2)15-11(18)3-5-21-6-4-14-16-13;8-7-3-1-6(5-9)2-4-7/h3-6,13-14,25H,7-12H2,1-2H3,(H,22,27)(H,23,28);8-9H,3-7H2,1-2H3,(H,15,18)(H,19,20);1-4,9H,5,8H2/t13-,14+;8-,9+;/m11./s1.